The van der Waals surface area contributed by atoms with Crippen molar-refractivity contribution >= 4 is 216 Å². The van der Waals surface area contributed by atoms with Crippen molar-refractivity contribution in [3.63, 3.8) is 0 Å². The minimum absolute atomic E-state index is 0. The fraction of sp³-hybridized carbons (Fsp3) is 0.368. The van der Waals surface area contributed by atoms with Gasteiger partial charge in [0.15, 0.2) is 57.8 Å². The average molecular weight is 1960 g/mol. The van der Waals surface area contributed by atoms with E-state index in [4.69, 9.17) is 0 Å². The lowest BCUT2D eigenvalue weighted by Crippen LogP contribution is -2.31. The van der Waals surface area contributed by atoms with E-state index in [0.717, 1.165) is 252 Å². The molecule has 0 atom stereocenters. The van der Waals surface area contributed by atoms with E-state index in [-0.39, 0.29) is 137 Å². The topological polar surface area (TPSA) is 247 Å². The third-order valence-electron chi connectivity index (χ3n) is 24.9. The Hall–Kier alpha value is -11.4. The molecule has 6 heterocycles. The summed E-state index contributed by atoms with van der Waals surface area (Å²) in [5.41, 5.74) is 19.5. The maximum absolute atomic E-state index is 11.9. The molecular weight excluding hydrogens is 1810 g/mol. The first-order valence-electron chi connectivity index (χ1n) is 46.0. The van der Waals surface area contributed by atoms with Crippen LogP contribution in [-0.2, 0) is 32.7 Å². The second kappa shape index (κ2) is 54.8. The molecule has 16 rings (SSSR count). The Bertz CT molecular complexity index is 6520. The quantitative estimate of drug-likeness (QED) is 0.0166. The molecule has 0 amide bonds. The molecule has 1 aliphatic rings. The van der Waals surface area contributed by atoms with Crippen molar-refractivity contribution < 1.29 is 47.9 Å². The van der Waals surface area contributed by atoms with E-state index >= 15 is 0 Å². The Balaban J connectivity index is 0.000000355. The number of hydrogen-bond acceptors (Lipinski definition) is 15. The van der Waals surface area contributed by atoms with Crippen LogP contribution in [0, 0.1) is 0 Å². The highest BCUT2D eigenvalue weighted by Gasteiger charge is 2.22. The molecule has 0 saturated carbocycles. The molecule has 4 N–H and O–H groups in total. The van der Waals surface area contributed by atoms with Crippen LogP contribution in [0.1, 0.15) is 282 Å². The van der Waals surface area contributed by atoms with Crippen molar-refractivity contribution in [1.29, 1.82) is 0 Å². The van der Waals surface area contributed by atoms with Crippen LogP contribution in [-0.4, -0.2) is 158 Å². The number of aryl methyl sites for hydroxylation is 5. The van der Waals surface area contributed by atoms with Crippen molar-refractivity contribution in [3.8, 4) is 0 Å². The summed E-state index contributed by atoms with van der Waals surface area (Å²) in [7, 11) is 1.95. The lowest BCUT2D eigenvalue weighted by atomic mass is 10.0. The molecular formula is C114H146Cl4N10O10. The Labute approximate surface area is 840 Å². The van der Waals surface area contributed by atoms with Crippen LogP contribution < -0.4 is 21.3 Å². The summed E-state index contributed by atoms with van der Waals surface area (Å²) < 4.78 is 11.5. The number of benzene rings is 10. The van der Waals surface area contributed by atoms with E-state index < -0.39 is 0 Å². The van der Waals surface area contributed by atoms with Crippen LogP contribution in [0.5, 0.6) is 0 Å². The van der Waals surface area contributed by atoms with E-state index in [1.54, 1.807) is 69.2 Å². The summed E-state index contributed by atoms with van der Waals surface area (Å²) >= 11 is 0. The molecule has 10 aromatic carbocycles. The molecule has 740 valence electrons. The highest BCUT2D eigenvalue weighted by molar-refractivity contribution is 6.18. The molecule has 5 aromatic heterocycles. The van der Waals surface area contributed by atoms with Crippen LogP contribution >= 0.6 is 49.6 Å². The van der Waals surface area contributed by atoms with E-state index in [9.17, 15) is 47.9 Å². The van der Waals surface area contributed by atoms with Gasteiger partial charge in [-0.05, 0) is 355 Å². The zero-order valence-electron chi connectivity index (χ0n) is 80.1. The van der Waals surface area contributed by atoms with Crippen molar-refractivity contribution in [3.05, 3.63) is 250 Å². The minimum atomic E-state index is 0. The number of fused-ring (bicyclic) bond motifs is 15. The van der Waals surface area contributed by atoms with Gasteiger partial charge in [0.25, 0.3) is 0 Å². The standard InChI is InChI=1S/C25H28N2O2.2C22H26N2O2.C21H24N2O2.C20H22N2O2.4CH4.4ClH/c1-17-9-13-26(14-10-17)11-4-12-27-24-7-5-20(18(2)28)15-22(24)23-16-21(19(3)29)6-8-25(23)27;1-14(2)23-10-5-11-24-21-8-6-17(15(3)25)12-19(21)20-13-18(16(4)26)7-9-22(20)24;1-4-10-23-11-5-12-24-21-8-6-17(15(2)25)13-19(21)20-14-18(16(3)26)7-9-22(20)24;1-4-22-10-5-11-23-20-8-6-16(14(2)24)12-18(20)19-13-17(15(3)25)7-9-21(19)23;1-13(23)15-5-7-19-17(11-15)18-12-16(14(2)24)6-8-20(18)22(19)10-4-9-21-3;;;;;;;;/h5-8,15-16H,1,4,9-14H2,2-3H3;6-9,12-14,23H,5,10-11H2,1-4H3;6-9,13-14,23H,4-5,10-12H2,1-3H3;6-9,12-13,22H,4-5,10-11H2,1-3H3;5-8,11-12,21H,4,9-10H2,1-3H3;4*1H4;4*1H. The number of nitrogens with one attached hydrogen (secondary N) is 4. The molecule has 1 saturated heterocycles. The number of aromatic nitrogens is 5. The van der Waals surface area contributed by atoms with Gasteiger partial charge >= 0.3 is 0 Å². The molecule has 0 unspecified atom stereocenters. The van der Waals surface area contributed by atoms with E-state index in [1.165, 1.54) is 5.57 Å². The third-order valence-corrected chi connectivity index (χ3v) is 24.9. The summed E-state index contributed by atoms with van der Waals surface area (Å²) in [6.07, 6.45) is 8.50. The van der Waals surface area contributed by atoms with Gasteiger partial charge in [0.1, 0.15) is 0 Å². The number of nitrogens with zero attached hydrogens (tertiary/aromatic N) is 6. The fourth-order valence-corrected chi connectivity index (χ4v) is 17.7. The van der Waals surface area contributed by atoms with Crippen LogP contribution in [0.15, 0.2) is 194 Å². The number of rotatable bonds is 34. The van der Waals surface area contributed by atoms with Gasteiger partial charge in [-0.2, -0.15) is 0 Å². The summed E-state index contributed by atoms with van der Waals surface area (Å²) in [5, 5.41) is 23.8. The van der Waals surface area contributed by atoms with Gasteiger partial charge in [-0.1, -0.05) is 69.6 Å². The highest BCUT2D eigenvalue weighted by Crippen LogP contribution is 2.38. The van der Waals surface area contributed by atoms with E-state index in [2.05, 4.69) is 83.3 Å². The van der Waals surface area contributed by atoms with Crippen molar-refractivity contribution in [2.45, 2.75) is 217 Å². The zero-order valence-corrected chi connectivity index (χ0v) is 83.3. The lowest BCUT2D eigenvalue weighted by molar-refractivity contribution is 0.100. The molecule has 0 bridgehead atoms. The number of Topliss-reactive ketones (excluding diaryl/α,β-unsaturated/α-hetero) is 10. The molecule has 15 aromatic rings. The van der Waals surface area contributed by atoms with E-state index in [0.29, 0.717) is 61.7 Å². The Kier molecular flexibility index (Phi) is 47.2. The molecule has 1 aliphatic heterocycles. The maximum atomic E-state index is 11.9. The number of hydrogen-bond donors (Lipinski definition) is 4. The van der Waals surface area contributed by atoms with Crippen molar-refractivity contribution in [2.24, 2.45) is 0 Å². The smallest absolute Gasteiger partial charge is 0.159 e. The second-order valence-electron chi connectivity index (χ2n) is 34.8. The monoisotopic (exact) mass is 1950 g/mol. The number of halogens is 4. The Morgan fingerprint density at radius 1 is 0.283 bits per heavy atom. The summed E-state index contributed by atoms with van der Waals surface area (Å²) in [5.74, 6) is 0.540. The average Bonchev–Trinajstić information content (AvgIpc) is 1.63. The van der Waals surface area contributed by atoms with Gasteiger partial charge in [-0.15, -0.1) is 49.6 Å². The minimum Gasteiger partial charge on any atom is -0.340 e. The SMILES string of the molecule is C.C.C.C.C=C1CCN(CCCn2c3ccc(C(C)=O)cc3c3cc(C(C)=O)ccc32)CC1.CC(=O)c1ccc2c(c1)c1cc(C(C)=O)ccc1n2CCCNC(C)C.CCCNCCCn1c2ccc(C(C)=O)cc2c2cc(C(C)=O)ccc21.CCNCCCn1c2ccc(C(C)=O)cc2c2cc(C(C)=O)ccc21.CNCCCn1c2ccc(C(C)=O)cc2c2cc(C(C)=O)ccc21.Cl.Cl.Cl.Cl. The fourth-order valence-electron chi connectivity index (χ4n) is 17.7. The zero-order chi connectivity index (χ0) is 93.3. The summed E-state index contributed by atoms with van der Waals surface area (Å²) in [4.78, 5) is 121. The number of ketones is 10. The lowest BCUT2D eigenvalue weighted by Gasteiger charge is -2.27. The normalized spacial score (nSPS) is 11.6. The molecule has 24 heteroatoms. The summed E-state index contributed by atoms with van der Waals surface area (Å²) in [6.45, 7) is 42.1. The van der Waals surface area contributed by atoms with Crippen molar-refractivity contribution in [2.75, 3.05) is 66.0 Å². The van der Waals surface area contributed by atoms with Gasteiger partial charge in [-0.25, -0.2) is 0 Å². The first kappa shape index (κ1) is 119. The second-order valence-corrected chi connectivity index (χ2v) is 34.8. The predicted molar refractivity (Wildman–Crippen MR) is 590 cm³/mol. The van der Waals surface area contributed by atoms with Crippen LogP contribution in [0.25, 0.3) is 109 Å². The largest absolute Gasteiger partial charge is 0.340 e. The van der Waals surface area contributed by atoms with Crippen molar-refractivity contribution in [1.82, 2.24) is 49.0 Å². The van der Waals surface area contributed by atoms with Crippen LogP contribution in [0.2, 0.25) is 0 Å². The Morgan fingerprint density at radius 2 is 0.478 bits per heavy atom. The predicted octanol–water partition coefficient (Wildman–Crippen LogP) is 26.7. The van der Waals surface area contributed by atoms with E-state index in [1.807, 2.05) is 189 Å². The third kappa shape index (κ3) is 28.2. The molecule has 138 heavy (non-hydrogen) atoms. The number of piperidine rings is 1. The first-order valence-corrected chi connectivity index (χ1v) is 46.0. The molecule has 1 fully saturated rings. The van der Waals surface area contributed by atoms with Gasteiger partial charge in [0.05, 0.1) is 0 Å². The number of carbonyl (C=O) groups is 10. The number of carbonyl (C=O) groups excluding carboxylic acids is 10. The van der Waals surface area contributed by atoms with Gasteiger partial charge in [0, 0.05) is 217 Å². The summed E-state index contributed by atoms with van der Waals surface area (Å²) in [6, 6.07) is 59.2. The first-order chi connectivity index (χ1) is 62.4. The molecule has 20 nitrogen and oxygen atoms in total. The van der Waals surface area contributed by atoms with Crippen LogP contribution in [0.3, 0.4) is 0 Å². The van der Waals surface area contributed by atoms with Gasteiger partial charge in [-0.3, -0.25) is 47.9 Å². The molecule has 0 spiro atoms. The number of likely N-dealkylation sites (tertiary alicyclic amines) is 1. The van der Waals surface area contributed by atoms with Crippen LogP contribution in [0.4, 0.5) is 0 Å². The Morgan fingerprint density at radius 3 is 0.667 bits per heavy atom. The highest BCUT2D eigenvalue weighted by atomic mass is 35.5. The molecule has 0 radical (unpaired) electrons. The van der Waals surface area contributed by atoms with Gasteiger partial charge < -0.3 is 49.0 Å². The maximum Gasteiger partial charge on any atom is 0.159 e. The van der Waals surface area contributed by atoms with Gasteiger partial charge in [0.2, 0.25) is 0 Å². The molecule has 0 aliphatic carbocycles.